The average molecular weight is 1740 g/mol. The Morgan fingerprint density at radius 1 is 0.518 bits per heavy atom. The minimum absolute atomic E-state index is 0. The molecule has 62 heteroatoms. The molecule has 5 fully saturated rings. The first-order valence-electron chi connectivity index (χ1n) is 30.8. The SMILES string of the molecule is COCCOCCC(=O)NCC1O[C@H](OP(=O)([O-])OP(=O)([O-])OCC2OC(N3C=CC(N)NC3=O)[C@H](O)[C@@H]2O)C(O)[C@@H](O)[C@H]1O.COCCOCCC(=O)O.NCC1OC(O)C(O)[C@@H](O)[C@H]1O.NCC1O[C@H](OP(=O)([O-])OP(=O)([O-])OCC2OC(N3C=CC(N)NC3=O)[C@H](O)[C@@H]2O)C(O)[C@@H](O)[C@H]1O.O=BP.[Na+].[Na+].[Na+].[Na+]. The molecule has 7 rings (SSSR count). The normalized spacial score (nSPS) is 35.1. The molecule has 0 spiro atoms. The maximum absolute atomic E-state index is 12.4. The number of carbonyl (C=O) groups excluding carboxylic acids is 3. The van der Waals surface area contributed by atoms with Gasteiger partial charge in [0.2, 0.25) is 5.91 Å². The molecule has 0 aromatic rings. The van der Waals surface area contributed by atoms with Gasteiger partial charge in [-0.15, -0.1) is 0 Å². The van der Waals surface area contributed by atoms with Crippen molar-refractivity contribution in [2.24, 2.45) is 22.9 Å². The summed E-state index contributed by atoms with van der Waals surface area (Å²) >= 11 is 0. The molecule has 0 aliphatic carbocycles. The molecule has 0 aromatic carbocycles. The fourth-order valence-electron chi connectivity index (χ4n) is 9.16. The number of aliphatic hydroxyl groups is 14. The van der Waals surface area contributed by atoms with Gasteiger partial charge in [-0.1, -0.05) is 0 Å². The smallest absolute Gasteiger partial charge is 1.00 e. The van der Waals surface area contributed by atoms with Crippen LogP contribution < -0.4 is 177 Å². The van der Waals surface area contributed by atoms with Crippen molar-refractivity contribution in [1.29, 1.82) is 0 Å². The third kappa shape index (κ3) is 37.4. The molecule has 0 aromatic heterocycles. The molecule has 7 aliphatic rings. The number of hydrogen-bond acceptors (Lipinski definition) is 46. The van der Waals surface area contributed by atoms with Gasteiger partial charge < -0.3 is 187 Å². The van der Waals surface area contributed by atoms with Gasteiger partial charge in [-0.2, -0.15) is 0 Å². The monoisotopic (exact) mass is 1740 g/mol. The molecule has 30 atom stereocenters. The van der Waals surface area contributed by atoms with Crippen molar-refractivity contribution in [3.05, 3.63) is 24.6 Å². The quantitative estimate of drug-likeness (QED) is 0.0169. The predicted octanol–water partition coefficient (Wildman–Crippen LogP) is -27.1. The predicted molar refractivity (Wildman–Crippen MR) is 335 cm³/mol. The van der Waals surface area contributed by atoms with Crippen LogP contribution in [0.5, 0.6) is 0 Å². The van der Waals surface area contributed by atoms with Crippen molar-refractivity contribution in [2.75, 3.05) is 86.7 Å². The van der Waals surface area contributed by atoms with E-state index in [1.807, 2.05) is 9.12 Å². The summed E-state index contributed by atoms with van der Waals surface area (Å²) in [5.41, 5.74) is 21.5. The van der Waals surface area contributed by atoms with Gasteiger partial charge in [-0.3, -0.25) is 46.7 Å². The number of ether oxygens (including phenoxy) is 9. The Hall–Kier alpha value is 0.695. The van der Waals surface area contributed by atoms with E-state index in [9.17, 15) is 113 Å². The van der Waals surface area contributed by atoms with Crippen LogP contribution in [-0.2, 0) is 102 Å². The summed E-state index contributed by atoms with van der Waals surface area (Å²) in [7, 11) is -18.5. The summed E-state index contributed by atoms with van der Waals surface area (Å²) in [5, 5.41) is 152. The van der Waals surface area contributed by atoms with Crippen molar-refractivity contribution in [3.63, 3.8) is 0 Å². The molecule has 110 heavy (non-hydrogen) atoms. The van der Waals surface area contributed by atoms with Crippen LogP contribution >= 0.6 is 40.4 Å². The first-order chi connectivity index (χ1) is 49.5. The minimum atomic E-state index is -5.97. The van der Waals surface area contributed by atoms with E-state index in [-0.39, 0.29) is 157 Å². The van der Waals surface area contributed by atoms with Crippen LogP contribution in [0.3, 0.4) is 0 Å². The maximum atomic E-state index is 12.4. The molecular weight excluding hydrogens is 1650 g/mol. The maximum Gasteiger partial charge on any atom is 1.00 e. The number of methoxy groups -OCH3 is 2. The van der Waals surface area contributed by atoms with Gasteiger partial charge in [0.1, 0.15) is 110 Å². The Bertz CT molecular complexity index is 3000. The number of amides is 5. The molecule has 5 saturated heterocycles. The summed E-state index contributed by atoms with van der Waals surface area (Å²) in [4.78, 5) is 96.4. The van der Waals surface area contributed by atoms with Crippen LogP contribution in [0.15, 0.2) is 24.6 Å². The summed E-state index contributed by atoms with van der Waals surface area (Å²) in [5.74, 6) is -1.41. The third-order valence-electron chi connectivity index (χ3n) is 14.6. The van der Waals surface area contributed by atoms with Crippen LogP contribution in [-0.4, -0.2) is 357 Å². The van der Waals surface area contributed by atoms with Crippen molar-refractivity contribution in [3.8, 4) is 0 Å². The fraction of sp³-hybridized carbons (Fsp3) is 0.833. The second-order valence-electron chi connectivity index (χ2n) is 22.4. The van der Waals surface area contributed by atoms with Crippen LogP contribution in [0, 0.1) is 0 Å². The second-order valence-corrected chi connectivity index (χ2v) is 28.5. The molecule has 0 bridgehead atoms. The van der Waals surface area contributed by atoms with E-state index in [4.69, 9.17) is 86.0 Å². The van der Waals surface area contributed by atoms with Gasteiger partial charge in [0.05, 0.1) is 71.6 Å². The van der Waals surface area contributed by atoms with E-state index in [0.717, 1.165) is 16.0 Å². The Morgan fingerprint density at radius 2 is 0.864 bits per heavy atom. The number of carboxylic acids is 1. The number of carboxylic acid groups (broad SMARTS) is 1. The molecule has 26 N–H and O–H groups in total. The number of rotatable bonds is 32. The number of aliphatic hydroxyl groups excluding tert-OH is 14. The number of nitrogens with two attached hydrogens (primary N) is 4. The van der Waals surface area contributed by atoms with Gasteiger partial charge in [-0.25, -0.2) is 18.2 Å². The van der Waals surface area contributed by atoms with Crippen LogP contribution in [0.4, 0.5) is 9.59 Å². The third-order valence-corrected chi connectivity index (χ3v) is 19.7. The summed E-state index contributed by atoms with van der Waals surface area (Å²) in [6, 6.07) is -1.59. The van der Waals surface area contributed by atoms with Gasteiger partial charge in [-0.05, 0) is 12.2 Å². The number of urea groups is 2. The topological polar surface area (TPSA) is 834 Å². The Balaban J connectivity index is 0. The van der Waals surface area contributed by atoms with E-state index < -0.39 is 235 Å². The molecule has 7 aliphatic heterocycles. The van der Waals surface area contributed by atoms with Crippen LogP contribution in [0.2, 0.25) is 0 Å². The molecule has 0 radical (unpaired) electrons. The van der Waals surface area contributed by atoms with Crippen molar-refractivity contribution in [2.45, 2.75) is 166 Å². The zero-order chi connectivity index (χ0) is 80.4. The first-order valence-corrected chi connectivity index (χ1v) is 37.3. The average Bonchev–Trinajstić information content (AvgIpc) is 1.58. The summed E-state index contributed by atoms with van der Waals surface area (Å²) < 4.78 is 128. The number of nitrogens with one attached hydrogen (secondary N) is 3. The molecular formula is C48H89BN9Na4O43P5. The van der Waals surface area contributed by atoms with Gasteiger partial charge >= 0.3 is 157 Å². The zero-order valence-corrected chi connectivity index (χ0v) is 72.5. The number of phosphoric acid groups is 4. The molecule has 616 valence electrons. The second kappa shape index (κ2) is 54.9. The Kier molecular flexibility index (Phi) is 56.2. The zero-order valence-electron chi connectivity index (χ0n) is 59.7. The van der Waals surface area contributed by atoms with Gasteiger partial charge in [0.15, 0.2) is 31.3 Å². The Labute approximate surface area is 717 Å². The van der Waals surface area contributed by atoms with E-state index in [0.29, 0.717) is 26.7 Å². The largest absolute Gasteiger partial charge is 1.00 e. The number of nitrogens with zero attached hydrogens (tertiary/aromatic N) is 2. The number of aliphatic carboxylic acids is 1. The molecule has 52 nitrogen and oxygen atoms in total. The van der Waals surface area contributed by atoms with Gasteiger partial charge in [0, 0.05) is 52.7 Å². The molecule has 7 heterocycles. The van der Waals surface area contributed by atoms with Crippen LogP contribution in [0.25, 0.3) is 0 Å². The van der Waals surface area contributed by atoms with E-state index >= 15 is 0 Å². The fourth-order valence-corrected chi connectivity index (χ4v) is 13.3. The van der Waals surface area contributed by atoms with E-state index in [1.165, 1.54) is 25.5 Å². The molecule has 18 unspecified atom stereocenters. The standard InChI is InChI=1S/C21H38N4O18P2.C15H28N4O15P2.C6H13NO5.C6H12O4.BH2OP.4Na/c1-37-6-7-38-5-3-13(26)23-8-10-14(27)16(29)18(31)20(41-10)42-45(35,36)43-44(33,34)39-9-11-15(28)17(30)19(40-11)25-4-2-12(22)24-21(25)32;16-3-5-8(20)10(22)12(24)14(32-5)33-36(28,29)34-35(26,27)30-4-6-9(21)11(23)13(31-6)19-2-1-7(17)18-15(19)25;7-1-2-3(8)4(9)5(10)6(11)12-2;1-9-4-5-10-3-2-6(7)8;2-1-3;;;;/h2,4,10-12,14-20,27-31H,3,5-9,22H2,1H3,(H,23,26)(H,24,32)(H,33,34)(H,35,36);1-2,5-14,20-24H,3-4,16-17H2,(H,18,25)(H,26,27)(H,28,29);2-6,8-11H,1,7H2;2-5H2,1H3,(H,7,8);3H2;;;;/q;;;;;4*+1/p-4/t10?,11?,12?,14-,15+,16-,17+,18?,19?,20+;5?,6?,7?,8-,9+,10-,11+,12?,13?,14+;2?,3-,4-,5?,6?;;;;;;/m000....../s1. The summed E-state index contributed by atoms with van der Waals surface area (Å²) in [6.07, 6.45) is -35.6. The summed E-state index contributed by atoms with van der Waals surface area (Å²) in [6.45, 7) is -0.614. The van der Waals surface area contributed by atoms with Crippen molar-refractivity contribution >= 4 is 71.2 Å². The van der Waals surface area contributed by atoms with Crippen molar-refractivity contribution in [1.82, 2.24) is 25.8 Å². The first kappa shape index (κ1) is 113. The Morgan fingerprint density at radius 3 is 1.23 bits per heavy atom. The van der Waals surface area contributed by atoms with E-state index in [1.54, 1.807) is 7.11 Å². The van der Waals surface area contributed by atoms with Crippen LogP contribution in [0.1, 0.15) is 12.8 Å². The number of phosphoric ester groups is 4. The van der Waals surface area contributed by atoms with Gasteiger partial charge in [0.25, 0.3) is 31.3 Å². The minimum Gasteiger partial charge on any atom is 1.00 e. The molecule has 5 amide bonds. The van der Waals surface area contributed by atoms with E-state index in [2.05, 4.69) is 47.4 Å². The number of carbonyl (C=O) groups is 4. The number of hydrogen-bond donors (Lipinski definition) is 22. The van der Waals surface area contributed by atoms with Crippen molar-refractivity contribution < 1.29 is 326 Å². The molecule has 0 saturated carbocycles.